The quantitative estimate of drug-likeness (QED) is 0.164. The second-order valence-electron chi connectivity index (χ2n) is 21.3. The Morgan fingerprint density at radius 1 is 0.313 bits per heavy atom. The molecule has 5 aromatic heterocycles. The number of hydrogen-bond donors (Lipinski definition) is 0. The minimum absolute atomic E-state index is 0.0426. The Balaban J connectivity index is 1.15. The van der Waals surface area contributed by atoms with Gasteiger partial charge in [0.15, 0.2) is 0 Å². The van der Waals surface area contributed by atoms with Crippen LogP contribution in [0.25, 0.3) is 136 Å². The van der Waals surface area contributed by atoms with E-state index in [1.165, 1.54) is 147 Å². The van der Waals surface area contributed by atoms with Crippen molar-refractivity contribution < 1.29 is 0 Å². The van der Waals surface area contributed by atoms with Gasteiger partial charge in [-0.3, -0.25) is 0 Å². The summed E-state index contributed by atoms with van der Waals surface area (Å²) in [5.74, 6) is 0. The molecule has 0 aliphatic heterocycles. The van der Waals surface area contributed by atoms with Gasteiger partial charge in [-0.2, -0.15) is 0 Å². The Hall–Kier alpha value is -7.88. The van der Waals surface area contributed by atoms with Crippen molar-refractivity contribution in [2.75, 3.05) is 0 Å². The summed E-state index contributed by atoms with van der Waals surface area (Å²) in [6, 6.07) is 67.0. The SMILES string of the molecule is CC(C)(C)c1cc(-c2ccc3c(c2)c2ccccc2n3-c2ccccc2)c2c(c1)c1cc3ccccc3c3c4c5c6cc(C(C)(C)C)cc7c8ccc9ccccc9c8n(c5ccc4n2c13)c76. The molecule has 0 bridgehead atoms. The maximum atomic E-state index is 2.66. The Labute approximate surface area is 387 Å². The molecule has 0 saturated carbocycles. The molecule has 0 spiro atoms. The molecule has 0 atom stereocenters. The molecule has 0 N–H and O–H groups in total. The molecule has 0 unspecified atom stereocenters. The lowest BCUT2D eigenvalue weighted by molar-refractivity contribution is 0.591. The molecule has 3 heteroatoms. The lowest BCUT2D eigenvalue weighted by Gasteiger charge is -2.21. The highest BCUT2D eigenvalue weighted by atomic mass is 15.0. The molecule has 0 amide bonds. The summed E-state index contributed by atoms with van der Waals surface area (Å²) in [6.07, 6.45) is 0. The van der Waals surface area contributed by atoms with E-state index in [1.807, 2.05) is 0 Å². The van der Waals surface area contributed by atoms with Crippen LogP contribution in [0.2, 0.25) is 0 Å². The van der Waals surface area contributed by atoms with E-state index in [-0.39, 0.29) is 10.8 Å². The van der Waals surface area contributed by atoms with E-state index >= 15 is 0 Å². The molecule has 0 aliphatic carbocycles. The van der Waals surface area contributed by atoms with Crippen molar-refractivity contribution in [1.82, 2.24) is 13.4 Å². The van der Waals surface area contributed by atoms with Crippen molar-refractivity contribution in [3.63, 3.8) is 0 Å². The van der Waals surface area contributed by atoms with Crippen LogP contribution >= 0.6 is 0 Å². The highest BCUT2D eigenvalue weighted by Crippen LogP contribution is 2.52. The molecule has 0 fully saturated rings. The number of aromatic nitrogens is 3. The van der Waals surface area contributed by atoms with Crippen LogP contribution in [0.15, 0.2) is 176 Å². The van der Waals surface area contributed by atoms with Crippen molar-refractivity contribution in [2.45, 2.75) is 52.4 Å². The molecule has 10 aromatic carbocycles. The van der Waals surface area contributed by atoms with E-state index in [2.05, 4.69) is 231 Å². The Kier molecular flexibility index (Phi) is 6.97. The molecular weight excluding hydrogens is 811 g/mol. The summed E-state index contributed by atoms with van der Waals surface area (Å²) in [4.78, 5) is 0. The van der Waals surface area contributed by atoms with Gasteiger partial charge >= 0.3 is 0 Å². The first-order valence-corrected chi connectivity index (χ1v) is 23.9. The Bertz CT molecular complexity index is 4620. The maximum absolute atomic E-state index is 2.66. The standard InChI is InChI=1S/C64H47N3/c1-63(2,3)39-32-46(38-25-27-53-47(30-38)44-22-14-15-23-52(44)65(53)41-18-8-7-9-19-41)60-50(34-39)48-31-37-17-11-12-20-42(37)57-58-55(67(60)62(48)57)29-28-54-56(58)51-35-40(64(4,5)6)33-49-45-26-24-36-16-10-13-21-43(36)59(45)66(54)61(49)51/h7-35H,1-6H3. The van der Waals surface area contributed by atoms with Crippen LogP contribution in [0.5, 0.6) is 0 Å². The number of nitrogens with zero attached hydrogens (tertiary/aromatic N) is 3. The topological polar surface area (TPSA) is 13.8 Å². The van der Waals surface area contributed by atoms with Gasteiger partial charge in [0, 0.05) is 70.5 Å². The molecule has 0 radical (unpaired) electrons. The summed E-state index contributed by atoms with van der Waals surface area (Å²) in [6.45, 7) is 14.1. The lowest BCUT2D eigenvalue weighted by Crippen LogP contribution is -2.11. The summed E-state index contributed by atoms with van der Waals surface area (Å²) < 4.78 is 7.69. The highest BCUT2D eigenvalue weighted by Gasteiger charge is 2.30. The first kappa shape index (κ1) is 37.4. The number of fused-ring (bicyclic) bond motifs is 20. The molecule has 0 saturated heterocycles. The maximum Gasteiger partial charge on any atom is 0.0627 e. The average Bonchev–Trinajstić information content (AvgIpc) is 4.13. The predicted molar refractivity (Wildman–Crippen MR) is 288 cm³/mol. The smallest absolute Gasteiger partial charge is 0.0627 e. The van der Waals surface area contributed by atoms with Gasteiger partial charge in [-0.15, -0.1) is 0 Å². The van der Waals surface area contributed by atoms with Gasteiger partial charge in [-0.05, 0) is 116 Å². The fourth-order valence-electron chi connectivity index (χ4n) is 12.4. The van der Waals surface area contributed by atoms with Crippen molar-refractivity contribution >= 4 is 120 Å². The number of hydrogen-bond acceptors (Lipinski definition) is 0. The van der Waals surface area contributed by atoms with E-state index in [0.717, 1.165) is 0 Å². The highest BCUT2D eigenvalue weighted by molar-refractivity contribution is 6.40. The lowest BCUT2D eigenvalue weighted by atomic mass is 9.83. The van der Waals surface area contributed by atoms with Crippen molar-refractivity contribution in [3.05, 3.63) is 187 Å². The summed E-state index contributed by atoms with van der Waals surface area (Å²) >= 11 is 0. The van der Waals surface area contributed by atoms with E-state index in [9.17, 15) is 0 Å². The van der Waals surface area contributed by atoms with Gasteiger partial charge in [-0.1, -0.05) is 145 Å². The second-order valence-corrected chi connectivity index (χ2v) is 21.3. The number of benzene rings is 10. The third-order valence-corrected chi connectivity index (χ3v) is 15.5. The molecule has 318 valence electrons. The van der Waals surface area contributed by atoms with Crippen LogP contribution in [0.1, 0.15) is 52.7 Å². The summed E-state index contributed by atoms with van der Waals surface area (Å²) in [5.41, 5.74) is 16.4. The molecule has 3 nitrogen and oxygen atoms in total. The average molecular weight is 858 g/mol. The van der Waals surface area contributed by atoms with Gasteiger partial charge in [0.1, 0.15) is 0 Å². The summed E-state index contributed by atoms with van der Waals surface area (Å²) in [5, 5.41) is 18.3. The Morgan fingerprint density at radius 3 is 1.66 bits per heavy atom. The molecule has 15 aromatic rings. The molecular formula is C64H47N3. The van der Waals surface area contributed by atoms with E-state index < -0.39 is 0 Å². The minimum atomic E-state index is -0.0722. The van der Waals surface area contributed by atoms with Gasteiger partial charge < -0.3 is 13.4 Å². The first-order chi connectivity index (χ1) is 32.5. The zero-order valence-electron chi connectivity index (χ0n) is 38.6. The van der Waals surface area contributed by atoms with E-state index in [0.29, 0.717) is 0 Å². The van der Waals surface area contributed by atoms with Crippen molar-refractivity contribution in [2.24, 2.45) is 0 Å². The van der Waals surface area contributed by atoms with Gasteiger partial charge in [0.25, 0.3) is 0 Å². The zero-order valence-corrected chi connectivity index (χ0v) is 38.6. The van der Waals surface area contributed by atoms with Gasteiger partial charge in [0.05, 0.1) is 44.1 Å². The van der Waals surface area contributed by atoms with E-state index in [4.69, 9.17) is 0 Å². The molecule has 67 heavy (non-hydrogen) atoms. The molecule has 15 rings (SSSR count). The van der Waals surface area contributed by atoms with Crippen LogP contribution in [0.4, 0.5) is 0 Å². The third kappa shape index (κ3) is 4.76. The molecule has 5 heterocycles. The van der Waals surface area contributed by atoms with Crippen LogP contribution < -0.4 is 0 Å². The predicted octanol–water partition coefficient (Wildman–Crippen LogP) is 17.7. The minimum Gasteiger partial charge on any atom is -0.309 e. The monoisotopic (exact) mass is 857 g/mol. The number of rotatable bonds is 2. The molecule has 0 aliphatic rings. The second kappa shape index (κ2) is 12.5. The van der Waals surface area contributed by atoms with Crippen LogP contribution in [-0.4, -0.2) is 13.4 Å². The third-order valence-electron chi connectivity index (χ3n) is 15.5. The fourth-order valence-corrected chi connectivity index (χ4v) is 12.4. The van der Waals surface area contributed by atoms with Crippen LogP contribution in [0, 0.1) is 0 Å². The normalized spacial score (nSPS) is 13.2. The van der Waals surface area contributed by atoms with Crippen molar-refractivity contribution in [1.29, 1.82) is 0 Å². The first-order valence-electron chi connectivity index (χ1n) is 23.9. The van der Waals surface area contributed by atoms with Gasteiger partial charge in [0.2, 0.25) is 0 Å². The van der Waals surface area contributed by atoms with Crippen LogP contribution in [-0.2, 0) is 10.8 Å². The fraction of sp³-hybridized carbons (Fsp3) is 0.125. The summed E-state index contributed by atoms with van der Waals surface area (Å²) in [7, 11) is 0. The largest absolute Gasteiger partial charge is 0.309 e. The Morgan fingerprint density at radius 2 is 0.881 bits per heavy atom. The van der Waals surface area contributed by atoms with Crippen LogP contribution in [0.3, 0.4) is 0 Å². The zero-order chi connectivity index (χ0) is 44.8. The van der Waals surface area contributed by atoms with Gasteiger partial charge in [-0.25, -0.2) is 0 Å². The van der Waals surface area contributed by atoms with Crippen molar-refractivity contribution in [3.8, 4) is 16.8 Å². The van der Waals surface area contributed by atoms with E-state index in [1.54, 1.807) is 0 Å². The number of para-hydroxylation sites is 2.